The zero-order chi connectivity index (χ0) is 29.6. The summed E-state index contributed by atoms with van der Waals surface area (Å²) in [6, 6.07) is 16.8. The van der Waals surface area contributed by atoms with Crippen molar-refractivity contribution in [3.05, 3.63) is 86.8 Å². The monoisotopic (exact) mass is 574 g/mol. The fraction of sp³-hybridized carbons (Fsp3) is 0.471. The van der Waals surface area contributed by atoms with Crippen molar-refractivity contribution in [2.24, 2.45) is 0 Å². The van der Waals surface area contributed by atoms with Gasteiger partial charge in [-0.25, -0.2) is 4.39 Å². The van der Waals surface area contributed by atoms with Crippen LogP contribution in [0, 0.1) is 13.8 Å². The number of ether oxygens (including phenoxy) is 1. The third-order valence-electron chi connectivity index (χ3n) is 8.61. The van der Waals surface area contributed by atoms with E-state index < -0.39 is 6.17 Å². The molecule has 42 heavy (non-hydrogen) atoms. The van der Waals surface area contributed by atoms with E-state index in [9.17, 15) is 14.0 Å². The Balaban J connectivity index is 1.41. The number of hydrogen-bond acceptors (Lipinski definition) is 5. The SMILES string of the molecule is CCN(c1cc(C(=O)NCc2c(C)cc(C)[nH]c2=O)cc(-c2ccc(CN3CCC(F)CC3)cc2)c1)C1CCOCC1. The number of aromatic amines is 1. The molecule has 3 heterocycles. The minimum atomic E-state index is -0.673. The number of aromatic nitrogens is 1. The number of pyridine rings is 1. The molecule has 0 bridgehead atoms. The highest BCUT2D eigenvalue weighted by molar-refractivity contribution is 5.97. The molecule has 1 aromatic heterocycles. The van der Waals surface area contributed by atoms with Crippen molar-refractivity contribution in [1.82, 2.24) is 15.2 Å². The predicted molar refractivity (Wildman–Crippen MR) is 166 cm³/mol. The first-order valence-corrected chi connectivity index (χ1v) is 15.2. The number of rotatable bonds is 9. The van der Waals surface area contributed by atoms with Gasteiger partial charge in [0.2, 0.25) is 0 Å². The number of hydrogen-bond donors (Lipinski definition) is 2. The number of carbonyl (C=O) groups excluding carboxylic acids is 1. The van der Waals surface area contributed by atoms with Crippen LogP contribution in [0.2, 0.25) is 0 Å². The Morgan fingerprint density at radius 1 is 1.02 bits per heavy atom. The number of anilines is 1. The molecule has 2 aromatic carbocycles. The van der Waals surface area contributed by atoms with E-state index in [4.69, 9.17) is 4.74 Å². The van der Waals surface area contributed by atoms with Gasteiger partial charge in [-0.05, 0) is 93.0 Å². The van der Waals surface area contributed by atoms with E-state index in [-0.39, 0.29) is 18.0 Å². The van der Waals surface area contributed by atoms with Crippen LogP contribution >= 0.6 is 0 Å². The Bertz CT molecular complexity index is 1420. The predicted octanol–water partition coefficient (Wildman–Crippen LogP) is 5.53. The molecule has 1 amide bonds. The highest BCUT2D eigenvalue weighted by Gasteiger charge is 2.23. The molecule has 0 aliphatic carbocycles. The molecule has 2 fully saturated rings. The van der Waals surface area contributed by atoms with E-state index in [1.165, 1.54) is 5.56 Å². The summed E-state index contributed by atoms with van der Waals surface area (Å²) in [5.74, 6) is -0.214. The molecule has 0 radical (unpaired) electrons. The Morgan fingerprint density at radius 3 is 2.40 bits per heavy atom. The van der Waals surface area contributed by atoms with Crippen molar-refractivity contribution >= 4 is 11.6 Å². The number of halogens is 1. The molecule has 5 rings (SSSR count). The molecular weight excluding hydrogens is 531 g/mol. The molecule has 2 N–H and O–H groups in total. The topological polar surface area (TPSA) is 77.7 Å². The number of nitrogens with one attached hydrogen (secondary N) is 2. The number of amides is 1. The normalized spacial score (nSPS) is 16.9. The maximum absolute atomic E-state index is 13.6. The van der Waals surface area contributed by atoms with E-state index in [0.717, 1.165) is 80.3 Å². The standard InChI is InChI=1S/C34H43FN4O3/c1-4-39(30-11-15-42-16-12-30)31-19-27(26-7-5-25(6-8-26)22-38-13-9-29(35)10-14-38)18-28(20-31)33(40)36-21-32-23(2)17-24(3)37-34(32)41/h5-8,17-20,29-30H,4,9-16,21-22H2,1-3H3,(H,36,40)(H,37,41). The number of piperidine rings is 1. The van der Waals surface area contributed by atoms with Crippen LogP contribution in [0.25, 0.3) is 11.1 Å². The van der Waals surface area contributed by atoms with Crippen LogP contribution in [-0.4, -0.2) is 60.9 Å². The third-order valence-corrected chi connectivity index (χ3v) is 8.61. The zero-order valence-corrected chi connectivity index (χ0v) is 25.0. The van der Waals surface area contributed by atoms with Crippen LogP contribution in [0.3, 0.4) is 0 Å². The summed E-state index contributed by atoms with van der Waals surface area (Å²) >= 11 is 0. The lowest BCUT2D eigenvalue weighted by molar-refractivity contribution is 0.0846. The molecule has 0 unspecified atom stereocenters. The largest absolute Gasteiger partial charge is 0.381 e. The molecule has 7 nitrogen and oxygen atoms in total. The first kappa shape index (κ1) is 30.0. The fourth-order valence-corrected chi connectivity index (χ4v) is 6.22. The Kier molecular flexibility index (Phi) is 9.75. The van der Waals surface area contributed by atoms with Crippen LogP contribution in [-0.2, 0) is 17.8 Å². The van der Waals surface area contributed by atoms with Gasteiger partial charge in [0.1, 0.15) is 6.17 Å². The number of aryl methyl sites for hydroxylation is 2. The Labute approximate surface area is 248 Å². The lowest BCUT2D eigenvalue weighted by Gasteiger charge is -2.35. The molecule has 0 spiro atoms. The van der Waals surface area contributed by atoms with E-state index in [1.54, 1.807) is 0 Å². The molecule has 3 aromatic rings. The van der Waals surface area contributed by atoms with Crippen LogP contribution < -0.4 is 15.8 Å². The van der Waals surface area contributed by atoms with Crippen LogP contribution in [0.4, 0.5) is 10.1 Å². The Morgan fingerprint density at radius 2 is 1.74 bits per heavy atom. The summed E-state index contributed by atoms with van der Waals surface area (Å²) in [4.78, 5) is 33.6. The summed E-state index contributed by atoms with van der Waals surface area (Å²) in [6.45, 7) is 10.7. The second-order valence-electron chi connectivity index (χ2n) is 11.7. The lowest BCUT2D eigenvalue weighted by atomic mass is 9.98. The minimum absolute atomic E-state index is 0.158. The van der Waals surface area contributed by atoms with Gasteiger partial charge in [0.05, 0.1) is 0 Å². The van der Waals surface area contributed by atoms with Crippen LogP contribution in [0.1, 0.15) is 65.3 Å². The Hall–Kier alpha value is -3.49. The third kappa shape index (κ3) is 7.28. The summed E-state index contributed by atoms with van der Waals surface area (Å²) in [5.41, 5.74) is 6.82. The lowest BCUT2D eigenvalue weighted by Crippen LogP contribution is -2.39. The second kappa shape index (κ2) is 13.7. The number of alkyl halides is 1. The zero-order valence-electron chi connectivity index (χ0n) is 25.0. The first-order valence-electron chi connectivity index (χ1n) is 15.2. The summed E-state index contributed by atoms with van der Waals surface area (Å²) in [5, 5.41) is 2.99. The van der Waals surface area contributed by atoms with Crippen molar-refractivity contribution < 1.29 is 13.9 Å². The van der Waals surface area contributed by atoms with Gasteiger partial charge < -0.3 is 19.9 Å². The van der Waals surface area contributed by atoms with Crippen molar-refractivity contribution in [3.8, 4) is 11.1 Å². The fourth-order valence-electron chi connectivity index (χ4n) is 6.22. The van der Waals surface area contributed by atoms with Crippen LogP contribution in [0.15, 0.2) is 53.3 Å². The number of nitrogens with zero attached hydrogens (tertiary/aromatic N) is 2. The molecular formula is C34H43FN4O3. The van der Waals surface area contributed by atoms with E-state index in [1.807, 2.05) is 32.0 Å². The van der Waals surface area contributed by atoms with E-state index in [0.29, 0.717) is 30.0 Å². The second-order valence-corrected chi connectivity index (χ2v) is 11.7. The molecule has 8 heteroatoms. The maximum atomic E-state index is 13.6. The number of benzene rings is 2. The molecule has 2 saturated heterocycles. The van der Waals surface area contributed by atoms with Gasteiger partial charge in [-0.1, -0.05) is 24.3 Å². The van der Waals surface area contributed by atoms with Gasteiger partial charge in [0.25, 0.3) is 11.5 Å². The van der Waals surface area contributed by atoms with Gasteiger partial charge in [0, 0.05) is 74.5 Å². The van der Waals surface area contributed by atoms with Gasteiger partial charge in [-0.15, -0.1) is 0 Å². The van der Waals surface area contributed by atoms with Crippen molar-refractivity contribution in [2.75, 3.05) is 37.7 Å². The van der Waals surface area contributed by atoms with Crippen molar-refractivity contribution in [3.63, 3.8) is 0 Å². The smallest absolute Gasteiger partial charge is 0.253 e. The molecule has 0 atom stereocenters. The van der Waals surface area contributed by atoms with Gasteiger partial charge in [-0.2, -0.15) is 0 Å². The quantitative estimate of drug-likeness (QED) is 0.352. The molecule has 2 aliphatic heterocycles. The van der Waals surface area contributed by atoms with Crippen LogP contribution in [0.5, 0.6) is 0 Å². The average Bonchev–Trinajstić information content (AvgIpc) is 2.99. The van der Waals surface area contributed by atoms with Gasteiger partial charge >= 0.3 is 0 Å². The van der Waals surface area contributed by atoms with Crippen molar-refractivity contribution in [2.45, 2.75) is 71.8 Å². The van der Waals surface area contributed by atoms with Gasteiger partial charge in [0.15, 0.2) is 0 Å². The molecule has 224 valence electrons. The number of carbonyl (C=O) groups is 1. The van der Waals surface area contributed by atoms with Gasteiger partial charge in [-0.3, -0.25) is 14.5 Å². The number of H-pyrrole nitrogens is 1. The average molecular weight is 575 g/mol. The molecule has 2 aliphatic rings. The van der Waals surface area contributed by atoms with E-state index in [2.05, 4.69) is 57.4 Å². The minimum Gasteiger partial charge on any atom is -0.381 e. The highest BCUT2D eigenvalue weighted by atomic mass is 19.1. The van der Waals surface area contributed by atoms with Crippen molar-refractivity contribution in [1.29, 1.82) is 0 Å². The summed E-state index contributed by atoms with van der Waals surface area (Å²) < 4.78 is 19.2. The summed E-state index contributed by atoms with van der Waals surface area (Å²) in [7, 11) is 0. The highest BCUT2D eigenvalue weighted by Crippen LogP contribution is 2.31. The first-order chi connectivity index (χ1) is 20.3. The summed E-state index contributed by atoms with van der Waals surface area (Å²) in [6.07, 6.45) is 2.43. The van der Waals surface area contributed by atoms with E-state index >= 15 is 0 Å². The number of likely N-dealkylation sites (tertiary alicyclic amines) is 1. The molecule has 0 saturated carbocycles. The maximum Gasteiger partial charge on any atom is 0.253 e.